The molecule has 8 heteroatoms. The zero-order valence-electron chi connectivity index (χ0n) is 16.9. The number of nitrogens with one attached hydrogen (secondary N) is 2. The summed E-state index contributed by atoms with van der Waals surface area (Å²) in [6.07, 6.45) is 4.32. The van der Waals surface area contributed by atoms with Gasteiger partial charge in [0, 0.05) is 35.4 Å². The number of amides is 1. The third-order valence-electron chi connectivity index (χ3n) is 5.46. The highest BCUT2D eigenvalue weighted by atomic mass is 16.1. The Bertz CT molecular complexity index is 1240. The van der Waals surface area contributed by atoms with E-state index in [1.165, 1.54) is 6.07 Å². The Labute approximate surface area is 173 Å². The minimum absolute atomic E-state index is 0.00379. The number of nitriles is 1. The summed E-state index contributed by atoms with van der Waals surface area (Å²) in [6.45, 7) is 4.01. The van der Waals surface area contributed by atoms with E-state index in [2.05, 4.69) is 20.6 Å². The average Bonchev–Trinajstić information content (AvgIpc) is 2.75. The normalized spacial score (nSPS) is 13.1. The van der Waals surface area contributed by atoms with Crippen LogP contribution in [0.4, 0.5) is 17.3 Å². The van der Waals surface area contributed by atoms with E-state index in [9.17, 15) is 14.9 Å². The summed E-state index contributed by atoms with van der Waals surface area (Å²) >= 11 is 0. The quantitative estimate of drug-likeness (QED) is 0.673. The van der Waals surface area contributed by atoms with E-state index >= 15 is 0 Å². The lowest BCUT2D eigenvalue weighted by atomic mass is 10.0. The molecule has 0 saturated carbocycles. The molecular weight excluding hydrogens is 380 g/mol. The van der Waals surface area contributed by atoms with Crippen molar-refractivity contribution in [1.29, 1.82) is 5.26 Å². The number of rotatable bonds is 5. The van der Waals surface area contributed by atoms with Gasteiger partial charge in [-0.3, -0.25) is 14.2 Å². The molecule has 1 aliphatic rings. The van der Waals surface area contributed by atoms with Crippen LogP contribution in [-0.4, -0.2) is 20.4 Å². The van der Waals surface area contributed by atoms with Crippen molar-refractivity contribution >= 4 is 34.3 Å². The molecule has 0 bridgehead atoms. The number of carbonyl (C=O) groups excluding carboxylic acids is 1. The van der Waals surface area contributed by atoms with E-state index in [1.807, 2.05) is 38.1 Å². The Kier molecular flexibility index (Phi) is 5.19. The number of nitrogens with zero attached hydrogens (tertiary/aromatic N) is 4. The smallest absolute Gasteiger partial charge is 0.270 e. The molecule has 0 atom stereocenters. The zero-order valence-corrected chi connectivity index (χ0v) is 16.9. The minimum Gasteiger partial charge on any atom is -0.326 e. The van der Waals surface area contributed by atoms with Crippen molar-refractivity contribution in [2.75, 3.05) is 10.6 Å². The first-order valence-corrected chi connectivity index (χ1v) is 10.1. The molecule has 3 aromatic rings. The number of benzene rings is 1. The number of aryl methyl sites for hydroxylation is 1. The lowest BCUT2D eigenvalue weighted by Crippen LogP contribution is -2.27. The van der Waals surface area contributed by atoms with Crippen molar-refractivity contribution in [3.05, 3.63) is 51.9 Å². The number of hydrogen-bond acceptors (Lipinski definition) is 6. The maximum Gasteiger partial charge on any atom is 0.270 e. The van der Waals surface area contributed by atoms with E-state index in [-0.39, 0.29) is 23.1 Å². The highest BCUT2D eigenvalue weighted by Crippen LogP contribution is 2.27. The van der Waals surface area contributed by atoms with Gasteiger partial charge in [0.15, 0.2) is 0 Å². The van der Waals surface area contributed by atoms with E-state index in [4.69, 9.17) is 0 Å². The highest BCUT2D eigenvalue weighted by Gasteiger charge is 2.18. The van der Waals surface area contributed by atoms with E-state index in [0.29, 0.717) is 23.4 Å². The van der Waals surface area contributed by atoms with E-state index in [0.717, 1.165) is 36.2 Å². The fourth-order valence-electron chi connectivity index (χ4n) is 3.83. The van der Waals surface area contributed by atoms with Gasteiger partial charge in [-0.1, -0.05) is 19.9 Å². The summed E-state index contributed by atoms with van der Waals surface area (Å²) in [5, 5.41) is 16.0. The topological polar surface area (TPSA) is 113 Å². The monoisotopic (exact) mass is 402 g/mol. The zero-order chi connectivity index (χ0) is 21.3. The van der Waals surface area contributed by atoms with E-state index in [1.54, 1.807) is 10.8 Å². The van der Waals surface area contributed by atoms with Crippen LogP contribution >= 0.6 is 0 Å². The fourth-order valence-corrected chi connectivity index (χ4v) is 3.83. The summed E-state index contributed by atoms with van der Waals surface area (Å²) < 4.78 is 1.60. The Morgan fingerprint density at radius 2 is 2.03 bits per heavy atom. The molecule has 1 amide bonds. The van der Waals surface area contributed by atoms with Gasteiger partial charge in [0.1, 0.15) is 17.3 Å². The first-order chi connectivity index (χ1) is 14.5. The molecule has 2 N–H and O–H groups in total. The lowest BCUT2D eigenvalue weighted by Gasteiger charge is -2.19. The van der Waals surface area contributed by atoms with Crippen molar-refractivity contribution in [1.82, 2.24) is 14.5 Å². The first-order valence-electron chi connectivity index (χ1n) is 10.1. The third kappa shape index (κ3) is 3.50. The molecule has 0 radical (unpaired) electrons. The number of hydrogen-bond donors (Lipinski definition) is 2. The number of carbonyl (C=O) groups is 1. The molecule has 4 rings (SSSR count). The van der Waals surface area contributed by atoms with Crippen LogP contribution in [0.3, 0.4) is 0 Å². The second-order valence-electron chi connectivity index (χ2n) is 7.33. The molecule has 1 aromatic carbocycles. The Morgan fingerprint density at radius 1 is 1.23 bits per heavy atom. The van der Waals surface area contributed by atoms with Crippen molar-refractivity contribution < 1.29 is 4.79 Å². The van der Waals surface area contributed by atoms with Crippen molar-refractivity contribution in [2.45, 2.75) is 45.6 Å². The molecule has 3 heterocycles. The van der Waals surface area contributed by atoms with Gasteiger partial charge in [0.25, 0.3) is 5.56 Å². The van der Waals surface area contributed by atoms with Gasteiger partial charge in [0.05, 0.1) is 0 Å². The van der Waals surface area contributed by atoms with Gasteiger partial charge in [0.2, 0.25) is 11.9 Å². The average molecular weight is 402 g/mol. The van der Waals surface area contributed by atoms with Gasteiger partial charge in [-0.15, -0.1) is 0 Å². The molecule has 152 valence electrons. The van der Waals surface area contributed by atoms with Gasteiger partial charge in [-0.05, 0) is 43.0 Å². The van der Waals surface area contributed by atoms with E-state index < -0.39 is 0 Å². The second-order valence-corrected chi connectivity index (χ2v) is 7.33. The summed E-state index contributed by atoms with van der Waals surface area (Å²) in [5.41, 5.74) is 2.86. The molecular formula is C22H22N6O2. The maximum atomic E-state index is 12.9. The Hall–Kier alpha value is -3.73. The number of aromatic nitrogens is 3. The molecule has 8 nitrogen and oxygen atoms in total. The molecule has 0 unspecified atom stereocenters. The molecule has 30 heavy (non-hydrogen) atoms. The number of anilines is 3. The first kappa shape index (κ1) is 19.6. The molecule has 0 aliphatic carbocycles. The highest BCUT2D eigenvalue weighted by molar-refractivity contribution is 5.94. The molecule has 0 spiro atoms. The van der Waals surface area contributed by atoms with Crippen LogP contribution in [0, 0.1) is 11.3 Å². The summed E-state index contributed by atoms with van der Waals surface area (Å²) in [5.74, 6) is 0.345. The summed E-state index contributed by atoms with van der Waals surface area (Å²) in [7, 11) is 0. The summed E-state index contributed by atoms with van der Waals surface area (Å²) in [4.78, 5) is 33.5. The van der Waals surface area contributed by atoms with Crippen molar-refractivity contribution in [2.24, 2.45) is 0 Å². The fraction of sp³-hybridized carbons (Fsp3) is 0.318. The van der Waals surface area contributed by atoms with Crippen molar-refractivity contribution in [3.8, 4) is 6.07 Å². The Morgan fingerprint density at radius 3 is 2.77 bits per heavy atom. The van der Waals surface area contributed by atoms with Gasteiger partial charge < -0.3 is 10.6 Å². The predicted molar refractivity (Wildman–Crippen MR) is 115 cm³/mol. The van der Waals surface area contributed by atoms with Crippen molar-refractivity contribution in [3.63, 3.8) is 0 Å². The van der Waals surface area contributed by atoms with Crippen LogP contribution < -0.4 is 16.2 Å². The molecule has 1 aliphatic heterocycles. The van der Waals surface area contributed by atoms with Gasteiger partial charge in [-0.25, -0.2) is 4.98 Å². The maximum absolute atomic E-state index is 12.9. The summed E-state index contributed by atoms with van der Waals surface area (Å²) in [6, 6.07) is 9.19. The van der Waals surface area contributed by atoms with Gasteiger partial charge >= 0.3 is 0 Å². The minimum atomic E-state index is -0.333. The predicted octanol–water partition coefficient (Wildman–Crippen LogP) is 3.65. The van der Waals surface area contributed by atoms with Crippen LogP contribution in [0.5, 0.6) is 0 Å². The van der Waals surface area contributed by atoms with Gasteiger partial charge in [-0.2, -0.15) is 10.2 Å². The molecule has 0 saturated heterocycles. The molecule has 2 aromatic heterocycles. The largest absolute Gasteiger partial charge is 0.326 e. The third-order valence-corrected chi connectivity index (χ3v) is 5.46. The van der Waals surface area contributed by atoms with Crippen LogP contribution in [0.25, 0.3) is 11.0 Å². The second kappa shape index (κ2) is 7.95. The van der Waals surface area contributed by atoms with Crippen LogP contribution in [-0.2, 0) is 11.2 Å². The standard InChI is InChI=1S/C22H22N6O2/c1-3-17(4-2)28-20-15(9-14(11-23)21(28)30)12-24-22(27-20)25-16-7-5-13-6-8-19(29)26-18(13)10-16/h5,7,9-10,12,17H,3-4,6,8H2,1-2H3,(H,26,29)(H,24,25,27). The van der Waals surface area contributed by atoms with Crippen LogP contribution in [0.1, 0.15) is 50.3 Å². The Balaban J connectivity index is 1.77. The SMILES string of the molecule is CCC(CC)n1c(=O)c(C#N)cc2cnc(Nc3ccc4c(c3)NC(=O)CC4)nc21. The number of fused-ring (bicyclic) bond motifs is 2. The lowest BCUT2D eigenvalue weighted by molar-refractivity contribution is -0.116. The number of pyridine rings is 1. The van der Waals surface area contributed by atoms with Crippen LogP contribution in [0.2, 0.25) is 0 Å². The molecule has 0 fully saturated rings. The van der Waals surface area contributed by atoms with Crippen LogP contribution in [0.15, 0.2) is 35.3 Å².